The highest BCUT2D eigenvalue weighted by Gasteiger charge is 2.08. The number of thioether (sulfide) groups is 1. The second-order valence-corrected chi connectivity index (χ2v) is 4.94. The topological polar surface area (TPSA) is 12.0 Å². The van der Waals surface area contributed by atoms with Crippen molar-refractivity contribution in [2.75, 3.05) is 11.5 Å². The molecule has 0 aliphatic heterocycles. The van der Waals surface area contributed by atoms with E-state index in [1.54, 1.807) is 0 Å². The number of hydrogen-bond donors (Lipinski definition) is 1. The van der Waals surface area contributed by atoms with Crippen molar-refractivity contribution in [3.63, 3.8) is 0 Å². The van der Waals surface area contributed by atoms with E-state index in [-0.39, 0.29) is 0 Å². The van der Waals surface area contributed by atoms with Crippen LogP contribution >= 0.6 is 11.8 Å². The molecule has 0 aliphatic rings. The van der Waals surface area contributed by atoms with Gasteiger partial charge in [-0.25, -0.2) is 0 Å². The lowest BCUT2D eigenvalue weighted by molar-refractivity contribution is 0.428. The molecule has 2 heteroatoms. The summed E-state index contributed by atoms with van der Waals surface area (Å²) in [5, 5.41) is 3.68. The molecule has 0 saturated carbocycles. The van der Waals surface area contributed by atoms with Crippen LogP contribution in [0.15, 0.2) is 0 Å². The highest BCUT2D eigenvalue weighted by molar-refractivity contribution is 7.99. The molecule has 0 aromatic rings. The molecule has 0 amide bonds. The van der Waals surface area contributed by atoms with Crippen molar-refractivity contribution < 1.29 is 0 Å². The van der Waals surface area contributed by atoms with Gasteiger partial charge in [-0.1, -0.05) is 27.2 Å². The van der Waals surface area contributed by atoms with E-state index < -0.39 is 0 Å². The molecule has 0 radical (unpaired) electrons. The second kappa shape index (κ2) is 8.89. The fraction of sp³-hybridized carbons (Fsp3) is 1.00. The molecule has 0 spiro atoms. The molecule has 0 aromatic heterocycles. The SMILES string of the molecule is CCCC(CC)NC(C)CSCC. The first-order valence-corrected chi connectivity index (χ1v) is 6.73. The predicted octanol–water partition coefficient (Wildman–Crippen LogP) is 3.30. The van der Waals surface area contributed by atoms with Crippen molar-refractivity contribution in [1.29, 1.82) is 0 Å². The van der Waals surface area contributed by atoms with Gasteiger partial charge >= 0.3 is 0 Å². The standard InChI is InChI=1S/C11H25NS/c1-5-8-11(6-2)12-10(4)9-13-7-3/h10-12H,5-9H2,1-4H3. The third-order valence-electron chi connectivity index (χ3n) is 2.22. The van der Waals surface area contributed by atoms with Crippen molar-refractivity contribution in [2.45, 2.75) is 59.0 Å². The van der Waals surface area contributed by atoms with Gasteiger partial charge in [-0.05, 0) is 25.5 Å². The molecule has 13 heavy (non-hydrogen) atoms. The zero-order valence-corrected chi connectivity index (χ0v) is 10.4. The zero-order valence-electron chi connectivity index (χ0n) is 9.60. The van der Waals surface area contributed by atoms with Gasteiger partial charge in [0.25, 0.3) is 0 Å². The lowest BCUT2D eigenvalue weighted by Crippen LogP contribution is -2.37. The van der Waals surface area contributed by atoms with Gasteiger partial charge in [-0.2, -0.15) is 11.8 Å². The van der Waals surface area contributed by atoms with Gasteiger partial charge in [0.05, 0.1) is 0 Å². The summed E-state index contributed by atoms with van der Waals surface area (Å²) in [4.78, 5) is 0. The largest absolute Gasteiger partial charge is 0.311 e. The maximum atomic E-state index is 3.68. The number of hydrogen-bond acceptors (Lipinski definition) is 2. The molecule has 80 valence electrons. The summed E-state index contributed by atoms with van der Waals surface area (Å²) in [6.07, 6.45) is 3.87. The average molecular weight is 203 g/mol. The Morgan fingerprint density at radius 1 is 1.23 bits per heavy atom. The summed E-state index contributed by atoms with van der Waals surface area (Å²) >= 11 is 2.02. The number of rotatable bonds is 8. The van der Waals surface area contributed by atoms with E-state index in [4.69, 9.17) is 0 Å². The molecule has 0 rings (SSSR count). The van der Waals surface area contributed by atoms with E-state index in [0.717, 1.165) is 6.04 Å². The van der Waals surface area contributed by atoms with E-state index in [2.05, 4.69) is 33.0 Å². The van der Waals surface area contributed by atoms with Crippen LogP contribution in [0.1, 0.15) is 47.0 Å². The highest BCUT2D eigenvalue weighted by Crippen LogP contribution is 2.06. The lowest BCUT2D eigenvalue weighted by Gasteiger charge is -2.21. The first-order valence-electron chi connectivity index (χ1n) is 5.58. The lowest BCUT2D eigenvalue weighted by atomic mass is 10.1. The molecular formula is C11H25NS. The normalized spacial score (nSPS) is 15.7. The third-order valence-corrected chi connectivity index (χ3v) is 3.37. The van der Waals surface area contributed by atoms with E-state index in [1.807, 2.05) is 11.8 Å². The maximum absolute atomic E-state index is 3.68. The van der Waals surface area contributed by atoms with Gasteiger partial charge in [0.2, 0.25) is 0 Å². The van der Waals surface area contributed by atoms with Crippen LogP contribution < -0.4 is 5.32 Å². The fourth-order valence-corrected chi connectivity index (χ4v) is 2.18. The van der Waals surface area contributed by atoms with Gasteiger partial charge < -0.3 is 5.32 Å². The van der Waals surface area contributed by atoms with Gasteiger partial charge in [0, 0.05) is 17.8 Å². The van der Waals surface area contributed by atoms with Crippen molar-refractivity contribution >= 4 is 11.8 Å². The molecule has 0 aliphatic carbocycles. The monoisotopic (exact) mass is 203 g/mol. The summed E-state index contributed by atoms with van der Waals surface area (Å²) in [5.41, 5.74) is 0. The third kappa shape index (κ3) is 7.39. The average Bonchev–Trinajstić information content (AvgIpc) is 2.14. The molecule has 0 aromatic carbocycles. The first-order chi connectivity index (χ1) is 6.24. The first kappa shape index (κ1) is 13.3. The van der Waals surface area contributed by atoms with Gasteiger partial charge in [0.1, 0.15) is 0 Å². The van der Waals surface area contributed by atoms with Crippen molar-refractivity contribution in [3.05, 3.63) is 0 Å². The molecule has 1 nitrogen and oxygen atoms in total. The Labute approximate surface area is 88.1 Å². The van der Waals surface area contributed by atoms with Crippen LogP contribution in [0.5, 0.6) is 0 Å². The van der Waals surface area contributed by atoms with Crippen LogP contribution in [-0.4, -0.2) is 23.6 Å². The molecule has 0 fully saturated rings. The molecule has 0 heterocycles. The molecule has 0 saturated heterocycles. The Hall–Kier alpha value is 0.310. The zero-order chi connectivity index (χ0) is 10.1. The van der Waals surface area contributed by atoms with Crippen molar-refractivity contribution in [2.24, 2.45) is 0 Å². The summed E-state index contributed by atoms with van der Waals surface area (Å²) in [7, 11) is 0. The number of nitrogens with one attached hydrogen (secondary N) is 1. The van der Waals surface area contributed by atoms with E-state index in [0.29, 0.717) is 6.04 Å². The van der Waals surface area contributed by atoms with Crippen LogP contribution in [0.4, 0.5) is 0 Å². The van der Waals surface area contributed by atoms with Crippen LogP contribution in [0.3, 0.4) is 0 Å². The smallest absolute Gasteiger partial charge is 0.0132 e. The van der Waals surface area contributed by atoms with Crippen LogP contribution in [0.2, 0.25) is 0 Å². The van der Waals surface area contributed by atoms with Gasteiger partial charge in [0.15, 0.2) is 0 Å². The van der Waals surface area contributed by atoms with Crippen molar-refractivity contribution in [1.82, 2.24) is 5.32 Å². The highest BCUT2D eigenvalue weighted by atomic mass is 32.2. The molecule has 0 bridgehead atoms. The Morgan fingerprint density at radius 3 is 2.38 bits per heavy atom. The minimum atomic E-state index is 0.668. The Bertz CT molecular complexity index is 106. The molecule has 2 unspecified atom stereocenters. The Morgan fingerprint density at radius 2 is 1.92 bits per heavy atom. The summed E-state index contributed by atoms with van der Waals surface area (Å²) in [5.74, 6) is 2.48. The predicted molar refractivity (Wildman–Crippen MR) is 64.6 cm³/mol. The van der Waals surface area contributed by atoms with Crippen LogP contribution in [0.25, 0.3) is 0 Å². The van der Waals surface area contributed by atoms with E-state index in [9.17, 15) is 0 Å². The fourth-order valence-electron chi connectivity index (χ4n) is 1.50. The second-order valence-electron chi connectivity index (χ2n) is 3.62. The quantitative estimate of drug-likeness (QED) is 0.649. The van der Waals surface area contributed by atoms with E-state index >= 15 is 0 Å². The van der Waals surface area contributed by atoms with Gasteiger partial charge in [-0.3, -0.25) is 0 Å². The minimum absolute atomic E-state index is 0.668. The van der Waals surface area contributed by atoms with Gasteiger partial charge in [-0.15, -0.1) is 0 Å². The molecule has 2 atom stereocenters. The van der Waals surface area contributed by atoms with Crippen LogP contribution in [-0.2, 0) is 0 Å². The summed E-state index contributed by atoms with van der Waals surface area (Å²) < 4.78 is 0. The molecular weight excluding hydrogens is 178 g/mol. The Balaban J connectivity index is 3.53. The van der Waals surface area contributed by atoms with E-state index in [1.165, 1.54) is 30.8 Å². The maximum Gasteiger partial charge on any atom is 0.0132 e. The molecule has 1 N–H and O–H groups in total. The minimum Gasteiger partial charge on any atom is -0.311 e. The Kier molecular flexibility index (Phi) is 9.10. The van der Waals surface area contributed by atoms with Crippen molar-refractivity contribution in [3.8, 4) is 0 Å². The van der Waals surface area contributed by atoms with Crippen LogP contribution in [0, 0.1) is 0 Å². The summed E-state index contributed by atoms with van der Waals surface area (Å²) in [6.45, 7) is 9.05. The summed E-state index contributed by atoms with van der Waals surface area (Å²) in [6, 6.07) is 1.40.